The van der Waals surface area contributed by atoms with Gasteiger partial charge in [-0.15, -0.1) is 0 Å². The number of rotatable bonds is 0. The second kappa shape index (κ2) is 3.18. The van der Waals surface area contributed by atoms with Crippen LogP contribution in [0, 0.1) is 5.92 Å². The van der Waals surface area contributed by atoms with Gasteiger partial charge in [-0.05, 0) is 18.4 Å². The summed E-state index contributed by atoms with van der Waals surface area (Å²) < 4.78 is 1.92. The number of nitrogens with two attached hydrogens (primary N) is 1. The number of nitrogens with zero attached hydrogens (tertiary/aromatic N) is 2. The van der Waals surface area contributed by atoms with Gasteiger partial charge in [0.2, 0.25) is 0 Å². The molecule has 0 aliphatic carbocycles. The predicted octanol–water partition coefficient (Wildman–Crippen LogP) is 0.141. The van der Waals surface area contributed by atoms with Crippen LogP contribution >= 0.6 is 0 Å². The minimum Gasteiger partial charge on any atom is -0.312 e. The van der Waals surface area contributed by atoms with Crippen molar-refractivity contribution >= 4 is 0 Å². The van der Waals surface area contributed by atoms with E-state index in [4.69, 9.17) is 5.84 Å². The van der Waals surface area contributed by atoms with E-state index in [1.54, 1.807) is 6.07 Å². The molecule has 2 atom stereocenters. The molecule has 2 N–H and O–H groups in total. The van der Waals surface area contributed by atoms with E-state index in [0.29, 0.717) is 11.8 Å². The smallest absolute Gasteiger partial charge is 0.250 e. The Morgan fingerprint density at radius 3 is 3.00 bits per heavy atom. The van der Waals surface area contributed by atoms with Gasteiger partial charge in [0, 0.05) is 37.3 Å². The van der Waals surface area contributed by atoms with E-state index in [2.05, 4.69) is 6.07 Å². The number of hydrogen-bond donors (Lipinski definition) is 1. The van der Waals surface area contributed by atoms with Crippen LogP contribution in [-0.4, -0.2) is 22.7 Å². The Balaban J connectivity index is 2.10. The summed E-state index contributed by atoms with van der Waals surface area (Å²) in [6.07, 6.45) is 1.18. The van der Waals surface area contributed by atoms with Crippen molar-refractivity contribution in [2.24, 2.45) is 11.8 Å². The minimum atomic E-state index is 0.132. The Hall–Kier alpha value is -1.13. The molecule has 3 rings (SSSR count). The van der Waals surface area contributed by atoms with Crippen LogP contribution in [0.25, 0.3) is 0 Å². The fourth-order valence-electron chi connectivity index (χ4n) is 2.93. The largest absolute Gasteiger partial charge is 0.312 e. The fourth-order valence-corrected chi connectivity index (χ4v) is 2.93. The maximum atomic E-state index is 11.7. The molecule has 0 radical (unpaired) electrons. The lowest BCUT2D eigenvalue weighted by Crippen LogP contribution is -2.49. The fraction of sp³-hybridized carbons (Fsp3) is 0.545. The van der Waals surface area contributed by atoms with Crippen molar-refractivity contribution in [3.8, 4) is 0 Å². The van der Waals surface area contributed by atoms with Crippen LogP contribution in [0.15, 0.2) is 23.0 Å². The molecule has 2 aliphatic heterocycles. The maximum Gasteiger partial charge on any atom is 0.250 e. The highest BCUT2D eigenvalue weighted by Crippen LogP contribution is 2.33. The molecule has 0 unspecified atom stereocenters. The molecular weight excluding hydrogens is 190 g/mol. The third-order valence-electron chi connectivity index (χ3n) is 3.51. The number of piperidine rings is 1. The van der Waals surface area contributed by atoms with E-state index in [1.165, 1.54) is 6.42 Å². The summed E-state index contributed by atoms with van der Waals surface area (Å²) in [4.78, 5) is 11.7. The Morgan fingerprint density at radius 2 is 2.13 bits per heavy atom. The first-order chi connectivity index (χ1) is 7.24. The van der Waals surface area contributed by atoms with Crippen molar-refractivity contribution in [1.29, 1.82) is 0 Å². The summed E-state index contributed by atoms with van der Waals surface area (Å²) in [5.41, 5.74) is 1.29. The first-order valence-electron chi connectivity index (χ1n) is 5.43. The van der Waals surface area contributed by atoms with Crippen LogP contribution in [0.4, 0.5) is 0 Å². The van der Waals surface area contributed by atoms with Crippen LogP contribution in [-0.2, 0) is 6.54 Å². The average Bonchev–Trinajstić information content (AvgIpc) is 2.19. The molecule has 0 aromatic carbocycles. The Bertz CT molecular complexity index is 440. The van der Waals surface area contributed by atoms with E-state index in [0.717, 1.165) is 25.3 Å². The zero-order chi connectivity index (χ0) is 10.4. The topological polar surface area (TPSA) is 51.3 Å². The zero-order valence-corrected chi connectivity index (χ0v) is 8.60. The van der Waals surface area contributed by atoms with Crippen molar-refractivity contribution in [3.05, 3.63) is 34.2 Å². The number of pyridine rings is 1. The van der Waals surface area contributed by atoms with E-state index in [-0.39, 0.29) is 5.56 Å². The molecule has 1 saturated heterocycles. The van der Waals surface area contributed by atoms with Gasteiger partial charge >= 0.3 is 0 Å². The van der Waals surface area contributed by atoms with Gasteiger partial charge in [0.05, 0.1) is 0 Å². The number of aromatic nitrogens is 1. The minimum absolute atomic E-state index is 0.132. The summed E-state index contributed by atoms with van der Waals surface area (Å²) in [5.74, 6) is 6.85. The van der Waals surface area contributed by atoms with E-state index in [9.17, 15) is 4.79 Å². The summed E-state index contributed by atoms with van der Waals surface area (Å²) in [7, 11) is 0. The SMILES string of the molecule is NN1C[C@@H]2C[C@H](C1)c1cccc(=O)n1C2. The number of hydrogen-bond acceptors (Lipinski definition) is 3. The third-order valence-corrected chi connectivity index (χ3v) is 3.51. The van der Waals surface area contributed by atoms with E-state index < -0.39 is 0 Å². The van der Waals surface area contributed by atoms with Crippen molar-refractivity contribution in [3.63, 3.8) is 0 Å². The molecule has 0 saturated carbocycles. The van der Waals surface area contributed by atoms with Gasteiger partial charge in [-0.1, -0.05) is 6.07 Å². The standard InChI is InChI=1S/C11H15N3O/c12-13-5-8-4-9(7-13)10-2-1-3-11(15)14(10)6-8/h1-3,8-9H,4-7,12H2/t8-,9+/m0/s1. The molecule has 2 aliphatic rings. The lowest BCUT2D eigenvalue weighted by Gasteiger charge is -2.40. The van der Waals surface area contributed by atoms with E-state index >= 15 is 0 Å². The Labute approximate surface area is 88.3 Å². The maximum absolute atomic E-state index is 11.7. The van der Waals surface area contributed by atoms with Gasteiger partial charge in [-0.25, -0.2) is 5.01 Å². The summed E-state index contributed by atoms with van der Waals surface area (Å²) in [5, 5.41) is 1.89. The first kappa shape index (κ1) is 9.12. The highest BCUT2D eigenvalue weighted by atomic mass is 16.1. The van der Waals surface area contributed by atoms with Gasteiger partial charge in [0.15, 0.2) is 0 Å². The van der Waals surface area contributed by atoms with Crippen LogP contribution < -0.4 is 11.4 Å². The van der Waals surface area contributed by atoms with Crippen molar-refractivity contribution in [2.75, 3.05) is 13.1 Å². The Morgan fingerprint density at radius 1 is 1.27 bits per heavy atom. The predicted molar refractivity (Wildman–Crippen MR) is 57.3 cm³/mol. The zero-order valence-electron chi connectivity index (χ0n) is 8.60. The molecule has 80 valence electrons. The summed E-state index contributed by atoms with van der Waals surface area (Å²) in [6, 6.07) is 5.55. The second-order valence-corrected chi connectivity index (χ2v) is 4.65. The molecular formula is C11H15N3O. The molecule has 4 heteroatoms. The van der Waals surface area contributed by atoms with Crippen LogP contribution in [0.5, 0.6) is 0 Å². The van der Waals surface area contributed by atoms with Gasteiger partial charge in [0.1, 0.15) is 0 Å². The summed E-state index contributed by atoms with van der Waals surface area (Å²) in [6.45, 7) is 2.62. The lowest BCUT2D eigenvalue weighted by molar-refractivity contribution is 0.121. The number of fused-ring (bicyclic) bond motifs is 4. The van der Waals surface area contributed by atoms with Gasteiger partial charge < -0.3 is 4.57 Å². The van der Waals surface area contributed by atoms with Gasteiger partial charge in [-0.3, -0.25) is 10.6 Å². The summed E-state index contributed by atoms with van der Waals surface area (Å²) >= 11 is 0. The molecule has 1 aromatic heterocycles. The van der Waals surface area contributed by atoms with Crippen LogP contribution in [0.3, 0.4) is 0 Å². The number of hydrazine groups is 1. The first-order valence-corrected chi connectivity index (χ1v) is 5.43. The normalized spacial score (nSPS) is 29.9. The van der Waals surface area contributed by atoms with Crippen molar-refractivity contribution in [1.82, 2.24) is 9.58 Å². The quantitative estimate of drug-likeness (QED) is 0.613. The monoisotopic (exact) mass is 205 g/mol. The molecule has 1 fully saturated rings. The van der Waals surface area contributed by atoms with Crippen molar-refractivity contribution < 1.29 is 0 Å². The molecule has 0 amide bonds. The molecule has 1 aromatic rings. The van der Waals surface area contributed by atoms with Crippen molar-refractivity contribution in [2.45, 2.75) is 18.9 Å². The lowest BCUT2D eigenvalue weighted by atomic mass is 9.84. The molecule has 2 bridgehead atoms. The highest BCUT2D eigenvalue weighted by molar-refractivity contribution is 5.16. The molecule has 3 heterocycles. The van der Waals surface area contributed by atoms with Crippen LogP contribution in [0.2, 0.25) is 0 Å². The Kier molecular flexibility index (Phi) is 1.94. The second-order valence-electron chi connectivity index (χ2n) is 4.65. The highest BCUT2D eigenvalue weighted by Gasteiger charge is 2.33. The average molecular weight is 205 g/mol. The third kappa shape index (κ3) is 1.41. The van der Waals surface area contributed by atoms with Crippen LogP contribution in [0.1, 0.15) is 18.0 Å². The van der Waals surface area contributed by atoms with Gasteiger partial charge in [0.25, 0.3) is 5.56 Å². The molecule has 15 heavy (non-hydrogen) atoms. The van der Waals surface area contributed by atoms with E-state index in [1.807, 2.05) is 15.6 Å². The molecule has 0 spiro atoms. The molecule has 4 nitrogen and oxygen atoms in total. The van der Waals surface area contributed by atoms with Gasteiger partial charge in [-0.2, -0.15) is 0 Å².